The van der Waals surface area contributed by atoms with E-state index >= 15 is 0 Å². The van der Waals surface area contributed by atoms with E-state index in [1.165, 1.54) is 6.07 Å². The van der Waals surface area contributed by atoms with Gasteiger partial charge >= 0.3 is 0 Å². The lowest BCUT2D eigenvalue weighted by Crippen LogP contribution is -2.33. The van der Waals surface area contributed by atoms with Crippen LogP contribution in [0.1, 0.15) is 30.1 Å². The van der Waals surface area contributed by atoms with Crippen molar-refractivity contribution in [3.05, 3.63) is 28.0 Å². The quantitative estimate of drug-likeness (QED) is 0.663. The Labute approximate surface area is 114 Å². The van der Waals surface area contributed by atoms with Crippen molar-refractivity contribution in [3.8, 4) is 12.3 Å². The third-order valence-corrected chi connectivity index (χ3v) is 3.07. The Morgan fingerprint density at radius 3 is 2.89 bits per heavy atom. The lowest BCUT2D eigenvalue weighted by molar-refractivity contribution is 0.0943. The highest BCUT2D eigenvalue weighted by Crippen LogP contribution is 2.22. The summed E-state index contributed by atoms with van der Waals surface area (Å²) in [5.74, 6) is 1.56. The van der Waals surface area contributed by atoms with Crippen molar-refractivity contribution in [3.63, 3.8) is 0 Å². The molecule has 0 aliphatic heterocycles. The van der Waals surface area contributed by atoms with Gasteiger partial charge in [0.25, 0.3) is 5.91 Å². The second kappa shape index (κ2) is 6.41. The summed E-state index contributed by atoms with van der Waals surface area (Å²) in [4.78, 5) is 12.0. The van der Waals surface area contributed by atoms with Crippen molar-refractivity contribution < 1.29 is 9.18 Å². The molecule has 1 aromatic carbocycles. The van der Waals surface area contributed by atoms with Crippen LogP contribution in [0.25, 0.3) is 0 Å². The van der Waals surface area contributed by atoms with Crippen LogP contribution in [0, 0.1) is 18.2 Å². The molecule has 18 heavy (non-hydrogen) atoms. The molecule has 3 N–H and O–H groups in total. The molecule has 0 heterocycles. The number of hydrogen-bond acceptors (Lipinski definition) is 2. The maximum atomic E-state index is 13.2. The van der Waals surface area contributed by atoms with E-state index in [-0.39, 0.29) is 23.2 Å². The Kier molecular flexibility index (Phi) is 5.17. The Bertz CT molecular complexity index is 496. The molecule has 0 spiro atoms. The summed E-state index contributed by atoms with van der Waals surface area (Å²) in [5.41, 5.74) is 5.63. The van der Waals surface area contributed by atoms with Crippen LogP contribution in [-0.4, -0.2) is 11.9 Å². The van der Waals surface area contributed by atoms with Crippen LogP contribution in [0.5, 0.6) is 0 Å². The van der Waals surface area contributed by atoms with Crippen molar-refractivity contribution in [2.45, 2.75) is 25.8 Å². The first-order valence-electron chi connectivity index (χ1n) is 5.51. The van der Waals surface area contributed by atoms with Gasteiger partial charge in [0, 0.05) is 4.47 Å². The van der Waals surface area contributed by atoms with Crippen molar-refractivity contribution in [1.82, 2.24) is 5.32 Å². The van der Waals surface area contributed by atoms with E-state index in [9.17, 15) is 9.18 Å². The average molecular weight is 313 g/mol. The van der Waals surface area contributed by atoms with Gasteiger partial charge in [-0.3, -0.25) is 4.79 Å². The monoisotopic (exact) mass is 312 g/mol. The summed E-state index contributed by atoms with van der Waals surface area (Å²) in [6, 6.07) is 2.11. The smallest absolute Gasteiger partial charge is 0.253 e. The van der Waals surface area contributed by atoms with Gasteiger partial charge in [0.2, 0.25) is 0 Å². The number of rotatable bonds is 4. The van der Waals surface area contributed by atoms with E-state index in [0.29, 0.717) is 10.9 Å². The second-order valence-electron chi connectivity index (χ2n) is 3.83. The molecule has 1 rings (SSSR count). The molecule has 0 bridgehead atoms. The third-order valence-electron chi connectivity index (χ3n) is 2.41. The maximum Gasteiger partial charge on any atom is 0.253 e. The Morgan fingerprint density at radius 2 is 2.33 bits per heavy atom. The number of benzene rings is 1. The van der Waals surface area contributed by atoms with Crippen molar-refractivity contribution in [1.29, 1.82) is 0 Å². The molecule has 3 nitrogen and oxygen atoms in total. The predicted octanol–water partition coefficient (Wildman–Crippen LogP) is 2.70. The molecule has 1 amide bonds. The predicted molar refractivity (Wildman–Crippen MR) is 73.5 cm³/mol. The molecule has 1 atom stereocenters. The number of carbonyl (C=O) groups is 1. The SMILES string of the molecule is C#CC(CCC)NC(=O)c1cc(N)c(F)cc1Br. The van der Waals surface area contributed by atoms with Gasteiger partial charge in [-0.15, -0.1) is 6.42 Å². The van der Waals surface area contributed by atoms with Crippen LogP contribution in [0.2, 0.25) is 0 Å². The summed E-state index contributed by atoms with van der Waals surface area (Å²) >= 11 is 3.12. The lowest BCUT2D eigenvalue weighted by Gasteiger charge is -2.13. The third kappa shape index (κ3) is 3.47. The number of anilines is 1. The van der Waals surface area contributed by atoms with Crippen LogP contribution in [0.4, 0.5) is 10.1 Å². The summed E-state index contributed by atoms with van der Waals surface area (Å²) in [6.07, 6.45) is 6.87. The van der Waals surface area contributed by atoms with E-state index in [1.807, 2.05) is 6.92 Å². The van der Waals surface area contributed by atoms with Crippen LogP contribution < -0.4 is 11.1 Å². The standard InChI is InChI=1S/C13H14BrFN2O/c1-3-5-8(4-2)17-13(18)9-6-12(16)11(15)7-10(9)14/h2,6-8H,3,5,16H2,1H3,(H,17,18). The van der Waals surface area contributed by atoms with Crippen LogP contribution in [0.3, 0.4) is 0 Å². The molecule has 0 fully saturated rings. The van der Waals surface area contributed by atoms with Gasteiger partial charge in [-0.25, -0.2) is 4.39 Å². The number of amides is 1. The molecule has 0 radical (unpaired) electrons. The first-order valence-corrected chi connectivity index (χ1v) is 6.30. The maximum absolute atomic E-state index is 13.2. The number of carbonyl (C=O) groups excluding carboxylic acids is 1. The number of terminal acetylenes is 1. The largest absolute Gasteiger partial charge is 0.396 e. The first-order chi connectivity index (χ1) is 8.49. The lowest BCUT2D eigenvalue weighted by atomic mass is 10.1. The van der Waals surface area contributed by atoms with E-state index in [4.69, 9.17) is 12.2 Å². The van der Waals surface area contributed by atoms with Crippen LogP contribution >= 0.6 is 15.9 Å². The molecule has 96 valence electrons. The number of hydrogen-bond donors (Lipinski definition) is 2. The minimum Gasteiger partial charge on any atom is -0.396 e. The van der Waals surface area contributed by atoms with Gasteiger partial charge in [-0.05, 0) is 34.5 Å². The number of nitrogens with one attached hydrogen (secondary N) is 1. The molecule has 1 aromatic rings. The number of halogens is 2. The van der Waals surface area contributed by atoms with E-state index < -0.39 is 5.82 Å². The van der Waals surface area contributed by atoms with Crippen LogP contribution in [0.15, 0.2) is 16.6 Å². The van der Waals surface area contributed by atoms with Gasteiger partial charge in [0.05, 0.1) is 17.3 Å². The van der Waals surface area contributed by atoms with Gasteiger partial charge < -0.3 is 11.1 Å². The van der Waals surface area contributed by atoms with Crippen LogP contribution in [-0.2, 0) is 0 Å². The fourth-order valence-electron chi connectivity index (χ4n) is 1.46. The molecule has 0 aromatic heterocycles. The molecule has 0 aliphatic carbocycles. The van der Waals surface area contributed by atoms with Crippen molar-refractivity contribution in [2.24, 2.45) is 0 Å². The Hall–Kier alpha value is -1.54. The van der Waals surface area contributed by atoms with Gasteiger partial charge in [-0.1, -0.05) is 19.3 Å². The zero-order chi connectivity index (χ0) is 13.7. The summed E-state index contributed by atoms with van der Waals surface area (Å²) in [7, 11) is 0. The molecule has 0 aliphatic rings. The summed E-state index contributed by atoms with van der Waals surface area (Å²) in [5, 5.41) is 2.69. The van der Waals surface area contributed by atoms with Crippen molar-refractivity contribution in [2.75, 3.05) is 5.73 Å². The van der Waals surface area contributed by atoms with Crippen molar-refractivity contribution >= 4 is 27.5 Å². The minimum atomic E-state index is -0.569. The zero-order valence-electron chi connectivity index (χ0n) is 9.97. The Balaban J connectivity index is 2.91. The highest BCUT2D eigenvalue weighted by atomic mass is 79.9. The van der Waals surface area contributed by atoms with E-state index in [1.54, 1.807) is 0 Å². The Morgan fingerprint density at radius 1 is 1.67 bits per heavy atom. The fraction of sp³-hybridized carbons (Fsp3) is 0.308. The normalized spacial score (nSPS) is 11.7. The summed E-state index contributed by atoms with van der Waals surface area (Å²) in [6.45, 7) is 1.97. The highest BCUT2D eigenvalue weighted by molar-refractivity contribution is 9.10. The van der Waals surface area contributed by atoms with E-state index in [0.717, 1.165) is 12.5 Å². The number of nitrogen functional groups attached to an aromatic ring is 1. The number of nitrogens with two attached hydrogens (primary N) is 1. The molecule has 5 heteroatoms. The molecular formula is C13H14BrFN2O. The average Bonchev–Trinajstić information content (AvgIpc) is 2.33. The minimum absolute atomic E-state index is 0.0731. The zero-order valence-corrected chi connectivity index (χ0v) is 11.6. The molecule has 0 saturated heterocycles. The molecule has 0 saturated carbocycles. The topological polar surface area (TPSA) is 55.1 Å². The summed E-state index contributed by atoms with van der Waals surface area (Å²) < 4.78 is 13.5. The molecular weight excluding hydrogens is 299 g/mol. The molecule has 1 unspecified atom stereocenters. The fourth-order valence-corrected chi connectivity index (χ4v) is 1.96. The highest BCUT2D eigenvalue weighted by Gasteiger charge is 2.15. The van der Waals surface area contributed by atoms with Gasteiger partial charge in [-0.2, -0.15) is 0 Å². The van der Waals surface area contributed by atoms with E-state index in [2.05, 4.69) is 27.2 Å². The second-order valence-corrected chi connectivity index (χ2v) is 4.69. The van der Waals surface area contributed by atoms with Gasteiger partial charge in [0.15, 0.2) is 0 Å². The van der Waals surface area contributed by atoms with Gasteiger partial charge in [0.1, 0.15) is 5.82 Å². The first kappa shape index (κ1) is 14.5.